The highest BCUT2D eigenvalue weighted by molar-refractivity contribution is 9.10. The number of carbonyl (C=O) groups is 1. The van der Waals surface area contributed by atoms with Gasteiger partial charge in [0, 0.05) is 11.0 Å². The van der Waals surface area contributed by atoms with E-state index in [0.717, 1.165) is 5.56 Å². The van der Waals surface area contributed by atoms with Gasteiger partial charge in [-0.15, -0.1) is 0 Å². The maximum atomic E-state index is 13.2. The van der Waals surface area contributed by atoms with Crippen LogP contribution in [0.25, 0.3) is 0 Å². The Kier molecular flexibility index (Phi) is 4.16. The molecule has 2 aromatic rings. The van der Waals surface area contributed by atoms with Gasteiger partial charge in [-0.25, -0.2) is 4.39 Å². The number of nitrogens with two attached hydrogens (primary N) is 1. The lowest BCUT2D eigenvalue weighted by Crippen LogP contribution is -2.23. The lowest BCUT2D eigenvalue weighted by atomic mass is 10.1. The smallest absolute Gasteiger partial charge is 0.252 e. The molecule has 0 aliphatic rings. The largest absolute Gasteiger partial charge is 0.396 e. The van der Waals surface area contributed by atoms with E-state index in [1.54, 1.807) is 0 Å². The van der Waals surface area contributed by atoms with E-state index < -0.39 is 5.82 Å². The number of halogens is 2. The zero-order chi connectivity index (χ0) is 13.8. The Bertz CT molecular complexity index is 602. The molecule has 98 valence electrons. The summed E-state index contributed by atoms with van der Waals surface area (Å²) in [6.45, 7) is 0.406. The predicted octanol–water partition coefficient (Wildman–Crippen LogP) is 3.10. The number of carbonyl (C=O) groups excluding carboxylic acids is 1. The molecule has 5 heteroatoms. The monoisotopic (exact) mass is 322 g/mol. The van der Waals surface area contributed by atoms with Crippen LogP contribution in [0.2, 0.25) is 0 Å². The standard InChI is InChI=1S/C14H12BrFN2O/c15-11-7-12(16)13(17)6-10(11)14(19)18-8-9-4-2-1-3-5-9/h1-7H,8,17H2,(H,18,19). The van der Waals surface area contributed by atoms with Crippen molar-refractivity contribution < 1.29 is 9.18 Å². The van der Waals surface area contributed by atoms with E-state index in [1.807, 2.05) is 30.3 Å². The Morgan fingerprint density at radius 3 is 2.63 bits per heavy atom. The molecule has 0 atom stereocenters. The van der Waals surface area contributed by atoms with Crippen LogP contribution in [0.5, 0.6) is 0 Å². The van der Waals surface area contributed by atoms with Gasteiger partial charge < -0.3 is 11.1 Å². The molecule has 3 N–H and O–H groups in total. The molecule has 2 aromatic carbocycles. The molecule has 0 saturated heterocycles. The van der Waals surface area contributed by atoms with Crippen LogP contribution in [0.4, 0.5) is 10.1 Å². The topological polar surface area (TPSA) is 55.1 Å². The number of hydrogen-bond donors (Lipinski definition) is 2. The van der Waals surface area contributed by atoms with Crippen LogP contribution >= 0.6 is 15.9 Å². The molecule has 1 amide bonds. The molecule has 0 fully saturated rings. The summed E-state index contributed by atoms with van der Waals surface area (Å²) in [5.74, 6) is -0.853. The van der Waals surface area contributed by atoms with E-state index in [2.05, 4.69) is 21.2 Å². The van der Waals surface area contributed by atoms with Crippen LogP contribution in [0.3, 0.4) is 0 Å². The first-order chi connectivity index (χ1) is 9.08. The SMILES string of the molecule is Nc1cc(C(=O)NCc2ccccc2)c(Br)cc1F. The van der Waals surface area contributed by atoms with Crippen molar-refractivity contribution in [3.63, 3.8) is 0 Å². The molecule has 19 heavy (non-hydrogen) atoms. The van der Waals surface area contributed by atoms with Gasteiger partial charge >= 0.3 is 0 Å². The average Bonchev–Trinajstić information content (AvgIpc) is 2.41. The van der Waals surface area contributed by atoms with Crippen molar-refractivity contribution in [1.82, 2.24) is 5.32 Å². The molecular formula is C14H12BrFN2O. The predicted molar refractivity (Wildman–Crippen MR) is 76.1 cm³/mol. The van der Waals surface area contributed by atoms with Crippen LogP contribution < -0.4 is 11.1 Å². The van der Waals surface area contributed by atoms with Gasteiger partial charge in [0.2, 0.25) is 0 Å². The third-order valence-corrected chi connectivity index (χ3v) is 3.28. The molecule has 0 radical (unpaired) electrons. The van der Waals surface area contributed by atoms with E-state index >= 15 is 0 Å². The Balaban J connectivity index is 2.10. The molecule has 3 nitrogen and oxygen atoms in total. The summed E-state index contributed by atoms with van der Waals surface area (Å²) in [6, 6.07) is 12.0. The van der Waals surface area contributed by atoms with Crippen molar-refractivity contribution in [2.45, 2.75) is 6.54 Å². The van der Waals surface area contributed by atoms with Gasteiger partial charge in [-0.1, -0.05) is 30.3 Å². The number of amides is 1. The first kappa shape index (κ1) is 13.5. The number of hydrogen-bond acceptors (Lipinski definition) is 2. The fourth-order valence-corrected chi connectivity index (χ4v) is 2.11. The van der Waals surface area contributed by atoms with Gasteiger partial charge in [0.1, 0.15) is 5.82 Å². The van der Waals surface area contributed by atoms with Crippen molar-refractivity contribution in [3.05, 3.63) is 63.9 Å². The van der Waals surface area contributed by atoms with E-state index in [4.69, 9.17) is 5.73 Å². The number of rotatable bonds is 3. The minimum atomic E-state index is -0.550. The number of nitrogen functional groups attached to an aromatic ring is 1. The summed E-state index contributed by atoms with van der Waals surface area (Å²) in [7, 11) is 0. The highest BCUT2D eigenvalue weighted by Gasteiger charge is 2.12. The van der Waals surface area contributed by atoms with Crippen molar-refractivity contribution in [1.29, 1.82) is 0 Å². The van der Waals surface area contributed by atoms with Crippen molar-refractivity contribution >= 4 is 27.5 Å². The van der Waals surface area contributed by atoms with Crippen LogP contribution in [0.1, 0.15) is 15.9 Å². The quantitative estimate of drug-likeness (QED) is 0.853. The first-order valence-electron chi connectivity index (χ1n) is 5.64. The van der Waals surface area contributed by atoms with Gasteiger partial charge in [0.25, 0.3) is 5.91 Å². The normalized spacial score (nSPS) is 10.2. The molecule has 2 rings (SSSR count). The fraction of sp³-hybridized carbons (Fsp3) is 0.0714. The van der Waals surface area contributed by atoms with Crippen molar-refractivity contribution in [2.75, 3.05) is 5.73 Å². The highest BCUT2D eigenvalue weighted by atomic mass is 79.9. The van der Waals surface area contributed by atoms with Crippen LogP contribution in [-0.4, -0.2) is 5.91 Å². The summed E-state index contributed by atoms with van der Waals surface area (Å²) in [6.07, 6.45) is 0. The zero-order valence-corrected chi connectivity index (χ0v) is 11.6. The van der Waals surface area contributed by atoms with Crippen LogP contribution in [0.15, 0.2) is 46.9 Å². The number of benzene rings is 2. The molecule has 0 spiro atoms. The molecule has 0 aromatic heterocycles. The second-order valence-corrected chi connectivity index (χ2v) is 4.88. The molecule has 0 aliphatic heterocycles. The summed E-state index contributed by atoms with van der Waals surface area (Å²) in [5, 5.41) is 2.76. The molecule has 0 bridgehead atoms. The molecular weight excluding hydrogens is 311 g/mol. The summed E-state index contributed by atoms with van der Waals surface area (Å²) >= 11 is 3.15. The minimum absolute atomic E-state index is 0.0481. The number of anilines is 1. The molecule has 0 saturated carbocycles. The third-order valence-electron chi connectivity index (χ3n) is 2.63. The molecule has 0 aliphatic carbocycles. The Morgan fingerprint density at radius 2 is 1.95 bits per heavy atom. The maximum Gasteiger partial charge on any atom is 0.252 e. The Labute approximate surface area is 118 Å². The lowest BCUT2D eigenvalue weighted by Gasteiger charge is -2.08. The summed E-state index contributed by atoms with van der Waals surface area (Å²) in [4.78, 5) is 12.0. The minimum Gasteiger partial charge on any atom is -0.396 e. The Morgan fingerprint density at radius 1 is 1.26 bits per heavy atom. The summed E-state index contributed by atoms with van der Waals surface area (Å²) in [5.41, 5.74) is 6.71. The fourth-order valence-electron chi connectivity index (χ4n) is 1.61. The van der Waals surface area contributed by atoms with E-state index in [9.17, 15) is 9.18 Å². The van der Waals surface area contributed by atoms with E-state index in [-0.39, 0.29) is 11.6 Å². The van der Waals surface area contributed by atoms with Gasteiger partial charge in [-0.05, 0) is 33.6 Å². The van der Waals surface area contributed by atoms with Crippen molar-refractivity contribution in [3.8, 4) is 0 Å². The average molecular weight is 323 g/mol. The van der Waals surface area contributed by atoms with Crippen LogP contribution in [-0.2, 0) is 6.54 Å². The second-order valence-electron chi connectivity index (χ2n) is 4.02. The second kappa shape index (κ2) is 5.84. The highest BCUT2D eigenvalue weighted by Crippen LogP contribution is 2.22. The molecule has 0 unspecified atom stereocenters. The van der Waals surface area contributed by atoms with Gasteiger partial charge in [-0.3, -0.25) is 4.79 Å². The Hall–Kier alpha value is -1.88. The van der Waals surface area contributed by atoms with Gasteiger partial charge in [0.15, 0.2) is 0 Å². The lowest BCUT2D eigenvalue weighted by molar-refractivity contribution is 0.0950. The maximum absolute atomic E-state index is 13.2. The first-order valence-corrected chi connectivity index (χ1v) is 6.44. The van der Waals surface area contributed by atoms with Crippen molar-refractivity contribution in [2.24, 2.45) is 0 Å². The molecule has 0 heterocycles. The van der Waals surface area contributed by atoms with Gasteiger partial charge in [0.05, 0.1) is 11.3 Å². The summed E-state index contributed by atoms with van der Waals surface area (Å²) < 4.78 is 13.6. The van der Waals surface area contributed by atoms with E-state index in [1.165, 1.54) is 12.1 Å². The number of nitrogens with one attached hydrogen (secondary N) is 1. The van der Waals surface area contributed by atoms with Crippen LogP contribution in [0, 0.1) is 5.82 Å². The van der Waals surface area contributed by atoms with Gasteiger partial charge in [-0.2, -0.15) is 0 Å². The third kappa shape index (κ3) is 3.32. The van der Waals surface area contributed by atoms with E-state index in [0.29, 0.717) is 16.6 Å². The zero-order valence-electron chi connectivity index (χ0n) is 9.99.